The average Bonchev–Trinajstić information content (AvgIpc) is 2.53. The Morgan fingerprint density at radius 3 is 2.40 bits per heavy atom. The summed E-state index contributed by atoms with van der Waals surface area (Å²) in [7, 11) is 1.67. The Hall–Kier alpha value is -2.20. The first kappa shape index (κ1) is 14.2. The van der Waals surface area contributed by atoms with Gasteiger partial charge in [0.2, 0.25) is 0 Å². The van der Waals surface area contributed by atoms with Gasteiger partial charge in [-0.2, -0.15) is 0 Å². The molecule has 20 heavy (non-hydrogen) atoms. The first-order chi connectivity index (χ1) is 9.61. The maximum Gasteiger partial charge on any atom is 0.272 e. The van der Waals surface area contributed by atoms with E-state index in [1.807, 2.05) is 37.3 Å². The second-order valence-corrected chi connectivity index (χ2v) is 4.73. The summed E-state index contributed by atoms with van der Waals surface area (Å²) in [6.07, 6.45) is 0.855. The smallest absolute Gasteiger partial charge is 0.272 e. The van der Waals surface area contributed by atoms with Gasteiger partial charge in [-0.25, -0.2) is 0 Å². The number of pyridine rings is 1. The topological polar surface area (TPSA) is 53.4 Å². The highest BCUT2D eigenvalue weighted by Gasteiger charge is 2.25. The second kappa shape index (κ2) is 6.30. The summed E-state index contributed by atoms with van der Waals surface area (Å²) in [6, 6.07) is 14.2. The van der Waals surface area contributed by atoms with E-state index in [0.717, 1.165) is 5.56 Å². The monoisotopic (exact) mass is 270 g/mol. The number of carbonyl (C=O) groups is 1. The van der Waals surface area contributed by atoms with Crippen LogP contribution < -0.4 is 0 Å². The first-order valence-electron chi connectivity index (χ1n) is 6.52. The van der Waals surface area contributed by atoms with Crippen molar-refractivity contribution in [3.8, 4) is 0 Å². The van der Waals surface area contributed by atoms with E-state index in [-0.39, 0.29) is 11.9 Å². The van der Waals surface area contributed by atoms with Gasteiger partial charge >= 0.3 is 0 Å². The molecule has 0 spiro atoms. The SMILES string of the molecule is CC([C@@H](O)c1ccccc1)N(C)C(=O)c1ccccn1. The molecule has 0 fully saturated rings. The lowest BCUT2D eigenvalue weighted by molar-refractivity contribution is 0.0482. The number of benzene rings is 1. The number of aliphatic hydroxyl groups is 1. The third-order valence-corrected chi connectivity index (χ3v) is 3.41. The number of likely N-dealkylation sites (N-methyl/N-ethyl adjacent to an activating group) is 1. The van der Waals surface area contributed by atoms with E-state index in [1.165, 1.54) is 4.90 Å². The van der Waals surface area contributed by atoms with Gasteiger partial charge in [0.05, 0.1) is 12.1 Å². The third kappa shape index (κ3) is 3.03. The molecule has 1 heterocycles. The highest BCUT2D eigenvalue weighted by atomic mass is 16.3. The standard InChI is InChI=1S/C16H18N2O2/c1-12(15(19)13-8-4-3-5-9-13)18(2)16(20)14-10-6-7-11-17-14/h3-12,15,19H,1-2H3/t12?,15-/m1/s1. The molecule has 2 aromatic rings. The van der Waals surface area contributed by atoms with Crippen LogP contribution in [-0.2, 0) is 0 Å². The number of hydrogen-bond acceptors (Lipinski definition) is 3. The van der Waals surface area contributed by atoms with Crippen LogP contribution >= 0.6 is 0 Å². The Morgan fingerprint density at radius 2 is 1.80 bits per heavy atom. The summed E-state index contributed by atoms with van der Waals surface area (Å²) in [6.45, 7) is 1.82. The molecule has 0 aliphatic rings. The molecule has 1 aromatic carbocycles. The average molecular weight is 270 g/mol. The normalized spacial score (nSPS) is 13.6. The lowest BCUT2D eigenvalue weighted by Gasteiger charge is -2.29. The van der Waals surface area contributed by atoms with Gasteiger partial charge in [-0.05, 0) is 24.6 Å². The van der Waals surface area contributed by atoms with E-state index in [4.69, 9.17) is 0 Å². The van der Waals surface area contributed by atoms with E-state index in [9.17, 15) is 9.90 Å². The molecular formula is C16H18N2O2. The van der Waals surface area contributed by atoms with Crippen LogP contribution in [0.1, 0.15) is 29.1 Å². The summed E-state index contributed by atoms with van der Waals surface area (Å²) in [5, 5.41) is 10.3. The van der Waals surface area contributed by atoms with Gasteiger partial charge < -0.3 is 10.0 Å². The molecule has 2 rings (SSSR count). The van der Waals surface area contributed by atoms with Gasteiger partial charge in [0.25, 0.3) is 5.91 Å². The van der Waals surface area contributed by atoms with Gasteiger partial charge in [-0.15, -0.1) is 0 Å². The molecule has 0 aliphatic carbocycles. The van der Waals surface area contributed by atoms with Crippen LogP contribution in [0.3, 0.4) is 0 Å². The molecule has 4 heteroatoms. The molecule has 1 amide bonds. The Morgan fingerprint density at radius 1 is 1.15 bits per heavy atom. The van der Waals surface area contributed by atoms with Crippen LogP contribution in [0.25, 0.3) is 0 Å². The molecular weight excluding hydrogens is 252 g/mol. The van der Waals surface area contributed by atoms with Crippen molar-refractivity contribution in [2.45, 2.75) is 19.1 Å². The molecule has 1 aromatic heterocycles. The largest absolute Gasteiger partial charge is 0.386 e. The Labute approximate surface area is 118 Å². The predicted octanol–water partition coefficient (Wildman–Crippen LogP) is 2.28. The summed E-state index contributed by atoms with van der Waals surface area (Å²) >= 11 is 0. The predicted molar refractivity (Wildman–Crippen MR) is 77.2 cm³/mol. The maximum absolute atomic E-state index is 12.3. The quantitative estimate of drug-likeness (QED) is 0.927. The summed E-state index contributed by atoms with van der Waals surface area (Å²) in [5.41, 5.74) is 1.17. The Bertz CT molecular complexity index is 557. The van der Waals surface area contributed by atoms with Crippen LogP contribution in [0.5, 0.6) is 0 Å². The van der Waals surface area contributed by atoms with Gasteiger partial charge in [-0.3, -0.25) is 9.78 Å². The summed E-state index contributed by atoms with van der Waals surface area (Å²) in [4.78, 5) is 17.8. The van der Waals surface area contributed by atoms with Crippen molar-refractivity contribution in [1.82, 2.24) is 9.88 Å². The molecule has 0 aliphatic heterocycles. The first-order valence-corrected chi connectivity index (χ1v) is 6.52. The van der Waals surface area contributed by atoms with Gasteiger partial charge in [0.1, 0.15) is 5.69 Å². The van der Waals surface area contributed by atoms with Crippen LogP contribution in [0.15, 0.2) is 54.7 Å². The van der Waals surface area contributed by atoms with Gasteiger partial charge in [0.15, 0.2) is 0 Å². The van der Waals surface area contributed by atoms with Crippen LogP contribution in [0.2, 0.25) is 0 Å². The highest BCUT2D eigenvalue weighted by Crippen LogP contribution is 2.20. The minimum atomic E-state index is -0.728. The van der Waals surface area contributed by atoms with E-state index in [0.29, 0.717) is 5.69 Å². The molecule has 104 valence electrons. The molecule has 4 nitrogen and oxygen atoms in total. The van der Waals surface area contributed by atoms with Crippen LogP contribution in [0.4, 0.5) is 0 Å². The van der Waals surface area contributed by atoms with Crippen LogP contribution in [-0.4, -0.2) is 34.0 Å². The van der Waals surface area contributed by atoms with Crippen molar-refractivity contribution in [3.63, 3.8) is 0 Å². The fraction of sp³-hybridized carbons (Fsp3) is 0.250. The van der Waals surface area contributed by atoms with Crippen molar-refractivity contribution >= 4 is 5.91 Å². The highest BCUT2D eigenvalue weighted by molar-refractivity contribution is 5.92. The zero-order chi connectivity index (χ0) is 14.5. The van der Waals surface area contributed by atoms with E-state index >= 15 is 0 Å². The Kier molecular flexibility index (Phi) is 4.48. The molecule has 0 saturated heterocycles. The third-order valence-electron chi connectivity index (χ3n) is 3.41. The number of hydrogen-bond donors (Lipinski definition) is 1. The molecule has 0 radical (unpaired) electrons. The molecule has 2 atom stereocenters. The van der Waals surface area contributed by atoms with E-state index < -0.39 is 6.10 Å². The summed E-state index contributed by atoms with van der Waals surface area (Å²) in [5.74, 6) is -0.201. The van der Waals surface area contributed by atoms with Gasteiger partial charge in [-0.1, -0.05) is 36.4 Å². The van der Waals surface area contributed by atoms with Gasteiger partial charge in [0, 0.05) is 13.2 Å². The number of aliphatic hydroxyl groups excluding tert-OH is 1. The van der Waals surface area contributed by atoms with Crippen molar-refractivity contribution in [2.24, 2.45) is 0 Å². The van der Waals surface area contributed by atoms with E-state index in [1.54, 1.807) is 31.4 Å². The number of nitrogens with zero attached hydrogens (tertiary/aromatic N) is 2. The number of aromatic nitrogens is 1. The lowest BCUT2D eigenvalue weighted by atomic mass is 10.0. The minimum Gasteiger partial charge on any atom is -0.386 e. The minimum absolute atomic E-state index is 0.201. The van der Waals surface area contributed by atoms with Crippen molar-refractivity contribution in [1.29, 1.82) is 0 Å². The van der Waals surface area contributed by atoms with E-state index in [2.05, 4.69) is 4.98 Å². The van der Waals surface area contributed by atoms with Crippen molar-refractivity contribution < 1.29 is 9.90 Å². The molecule has 1 N–H and O–H groups in total. The number of rotatable bonds is 4. The fourth-order valence-electron chi connectivity index (χ4n) is 2.00. The second-order valence-electron chi connectivity index (χ2n) is 4.73. The lowest BCUT2D eigenvalue weighted by Crippen LogP contribution is -2.39. The summed E-state index contributed by atoms with van der Waals surface area (Å²) < 4.78 is 0. The molecule has 1 unspecified atom stereocenters. The zero-order valence-electron chi connectivity index (χ0n) is 11.6. The van der Waals surface area contributed by atoms with Crippen LogP contribution in [0, 0.1) is 0 Å². The molecule has 0 saturated carbocycles. The number of amides is 1. The zero-order valence-corrected chi connectivity index (χ0v) is 11.6. The number of carbonyl (C=O) groups excluding carboxylic acids is 1. The maximum atomic E-state index is 12.3. The van der Waals surface area contributed by atoms with Crippen molar-refractivity contribution in [3.05, 3.63) is 66.0 Å². The fourth-order valence-corrected chi connectivity index (χ4v) is 2.00. The van der Waals surface area contributed by atoms with Crippen molar-refractivity contribution in [2.75, 3.05) is 7.05 Å². The molecule has 0 bridgehead atoms. The Balaban J connectivity index is 2.13.